The Bertz CT molecular complexity index is 741. The molecule has 136 valence electrons. The molecule has 1 aliphatic rings. The maximum absolute atomic E-state index is 12.5. The number of para-hydroxylation sites is 2. The summed E-state index contributed by atoms with van der Waals surface area (Å²) in [4.78, 5) is 19.5. The van der Waals surface area contributed by atoms with Crippen LogP contribution in [0.2, 0.25) is 0 Å². The number of aromatic nitrogens is 2. The van der Waals surface area contributed by atoms with Crippen LogP contribution in [0, 0.1) is 0 Å². The number of aryl methyl sites for hydroxylation is 1. The monoisotopic (exact) mass is 341 g/mol. The van der Waals surface area contributed by atoms with Gasteiger partial charge in [0, 0.05) is 31.0 Å². The first-order chi connectivity index (χ1) is 11.9. The van der Waals surface area contributed by atoms with Crippen molar-refractivity contribution in [2.75, 3.05) is 6.54 Å². The lowest BCUT2D eigenvalue weighted by molar-refractivity contribution is -0.131. The van der Waals surface area contributed by atoms with E-state index in [4.69, 9.17) is 4.98 Å². The fraction of sp³-hybridized carbons (Fsp3) is 0.619. The minimum atomic E-state index is -0.121. The molecule has 1 amide bonds. The van der Waals surface area contributed by atoms with Crippen LogP contribution in [0.1, 0.15) is 71.5 Å². The number of rotatable bonds is 6. The van der Waals surface area contributed by atoms with Gasteiger partial charge in [-0.25, -0.2) is 4.98 Å². The van der Waals surface area contributed by atoms with Crippen molar-refractivity contribution in [1.82, 2.24) is 14.5 Å². The molecule has 1 aromatic heterocycles. The Labute approximate surface area is 151 Å². The Morgan fingerprint density at radius 1 is 1.16 bits per heavy atom. The van der Waals surface area contributed by atoms with Gasteiger partial charge in [0.05, 0.1) is 11.0 Å². The molecule has 0 spiro atoms. The van der Waals surface area contributed by atoms with Crippen molar-refractivity contribution >= 4 is 16.9 Å². The highest BCUT2D eigenvalue weighted by Gasteiger charge is 2.38. The van der Waals surface area contributed by atoms with E-state index in [1.165, 1.54) is 31.2 Å². The second-order valence-electron chi connectivity index (χ2n) is 8.25. The summed E-state index contributed by atoms with van der Waals surface area (Å²) in [5, 5.41) is 0. The average molecular weight is 341 g/mol. The Hall–Kier alpha value is -1.84. The van der Waals surface area contributed by atoms with Gasteiger partial charge in [-0.1, -0.05) is 38.3 Å². The van der Waals surface area contributed by atoms with Crippen LogP contribution < -0.4 is 0 Å². The first-order valence-corrected chi connectivity index (χ1v) is 9.67. The van der Waals surface area contributed by atoms with Crippen LogP contribution >= 0.6 is 0 Å². The number of imidazole rings is 1. The number of likely N-dealkylation sites (tertiary alicyclic amines) is 1. The van der Waals surface area contributed by atoms with E-state index >= 15 is 0 Å². The SMILES string of the molecule is CCCCCCn1c(C2CC(=O)N(C(C)(C)C)C2)nc2ccccc21. The van der Waals surface area contributed by atoms with Crippen LogP contribution in [-0.4, -0.2) is 32.4 Å². The van der Waals surface area contributed by atoms with Crippen molar-refractivity contribution in [2.24, 2.45) is 0 Å². The normalized spacial score (nSPS) is 18.5. The van der Waals surface area contributed by atoms with Crippen molar-refractivity contribution in [3.05, 3.63) is 30.1 Å². The zero-order valence-corrected chi connectivity index (χ0v) is 16.1. The highest BCUT2D eigenvalue weighted by molar-refractivity contribution is 5.81. The summed E-state index contributed by atoms with van der Waals surface area (Å²) >= 11 is 0. The summed E-state index contributed by atoms with van der Waals surface area (Å²) in [6.45, 7) is 10.4. The molecule has 2 heterocycles. The highest BCUT2D eigenvalue weighted by atomic mass is 16.2. The van der Waals surface area contributed by atoms with E-state index in [0.717, 1.165) is 24.4 Å². The average Bonchev–Trinajstić information content (AvgIpc) is 3.12. The van der Waals surface area contributed by atoms with E-state index in [1.807, 2.05) is 11.0 Å². The third-order valence-electron chi connectivity index (χ3n) is 5.22. The molecule has 1 aliphatic heterocycles. The molecule has 1 unspecified atom stereocenters. The molecule has 0 bridgehead atoms. The molecule has 25 heavy (non-hydrogen) atoms. The Balaban J connectivity index is 1.89. The van der Waals surface area contributed by atoms with Crippen LogP contribution in [0.5, 0.6) is 0 Å². The fourth-order valence-electron chi connectivity index (χ4n) is 3.87. The first-order valence-electron chi connectivity index (χ1n) is 9.67. The van der Waals surface area contributed by atoms with Crippen LogP contribution in [0.15, 0.2) is 24.3 Å². The largest absolute Gasteiger partial charge is 0.337 e. The van der Waals surface area contributed by atoms with Crippen molar-refractivity contribution in [1.29, 1.82) is 0 Å². The summed E-state index contributed by atoms with van der Waals surface area (Å²) < 4.78 is 2.37. The molecular formula is C21H31N3O. The van der Waals surface area contributed by atoms with Crippen LogP contribution in [-0.2, 0) is 11.3 Å². The minimum Gasteiger partial charge on any atom is -0.337 e. The van der Waals surface area contributed by atoms with Gasteiger partial charge < -0.3 is 9.47 Å². The zero-order chi connectivity index (χ0) is 18.0. The van der Waals surface area contributed by atoms with Crippen molar-refractivity contribution < 1.29 is 4.79 Å². The van der Waals surface area contributed by atoms with E-state index in [0.29, 0.717) is 6.42 Å². The summed E-state index contributed by atoms with van der Waals surface area (Å²) in [5.74, 6) is 1.55. The molecule has 4 heteroatoms. The Morgan fingerprint density at radius 2 is 1.92 bits per heavy atom. The van der Waals surface area contributed by atoms with Crippen molar-refractivity contribution in [3.8, 4) is 0 Å². The summed E-state index contributed by atoms with van der Waals surface area (Å²) in [7, 11) is 0. The van der Waals surface area contributed by atoms with Crippen molar-refractivity contribution in [3.63, 3.8) is 0 Å². The molecule has 0 radical (unpaired) electrons. The number of benzene rings is 1. The molecule has 0 saturated carbocycles. The predicted octanol–water partition coefficient (Wildman–Crippen LogP) is 4.73. The van der Waals surface area contributed by atoms with E-state index in [-0.39, 0.29) is 17.4 Å². The van der Waals surface area contributed by atoms with E-state index < -0.39 is 0 Å². The molecule has 1 aromatic carbocycles. The van der Waals surface area contributed by atoms with Crippen LogP contribution in [0.25, 0.3) is 11.0 Å². The van der Waals surface area contributed by atoms with Gasteiger partial charge >= 0.3 is 0 Å². The Kier molecular flexibility index (Phi) is 5.16. The predicted molar refractivity (Wildman–Crippen MR) is 103 cm³/mol. The number of unbranched alkanes of at least 4 members (excludes halogenated alkanes) is 3. The number of hydrogen-bond acceptors (Lipinski definition) is 2. The van der Waals surface area contributed by atoms with Gasteiger partial charge in [0.15, 0.2) is 0 Å². The number of carbonyl (C=O) groups is 1. The summed E-state index contributed by atoms with van der Waals surface area (Å²) in [5.41, 5.74) is 2.13. The smallest absolute Gasteiger partial charge is 0.223 e. The van der Waals surface area contributed by atoms with Gasteiger partial charge in [0.1, 0.15) is 5.82 Å². The van der Waals surface area contributed by atoms with E-state index in [9.17, 15) is 4.79 Å². The molecule has 0 aliphatic carbocycles. The topological polar surface area (TPSA) is 38.1 Å². The molecular weight excluding hydrogens is 310 g/mol. The van der Waals surface area contributed by atoms with Gasteiger partial charge in [-0.05, 0) is 39.3 Å². The maximum atomic E-state index is 12.5. The third kappa shape index (κ3) is 3.73. The lowest BCUT2D eigenvalue weighted by Gasteiger charge is -2.32. The van der Waals surface area contributed by atoms with E-state index in [2.05, 4.69) is 50.5 Å². The first kappa shape index (κ1) is 18.0. The van der Waals surface area contributed by atoms with Crippen LogP contribution in [0.3, 0.4) is 0 Å². The molecule has 4 nitrogen and oxygen atoms in total. The van der Waals surface area contributed by atoms with Gasteiger partial charge in [-0.15, -0.1) is 0 Å². The second kappa shape index (κ2) is 7.19. The maximum Gasteiger partial charge on any atom is 0.223 e. The molecule has 0 N–H and O–H groups in total. The molecule has 1 saturated heterocycles. The fourth-order valence-corrected chi connectivity index (χ4v) is 3.87. The molecule has 1 fully saturated rings. The third-order valence-corrected chi connectivity index (χ3v) is 5.22. The number of amides is 1. The lowest BCUT2D eigenvalue weighted by atomic mass is 10.1. The van der Waals surface area contributed by atoms with E-state index in [1.54, 1.807) is 0 Å². The molecule has 3 rings (SSSR count). The lowest BCUT2D eigenvalue weighted by Crippen LogP contribution is -2.42. The molecule has 1 atom stereocenters. The summed E-state index contributed by atoms with van der Waals surface area (Å²) in [6.07, 6.45) is 5.53. The van der Waals surface area contributed by atoms with Crippen molar-refractivity contribution in [2.45, 2.75) is 77.8 Å². The highest BCUT2D eigenvalue weighted by Crippen LogP contribution is 2.34. The Morgan fingerprint density at radius 3 is 2.60 bits per heavy atom. The standard InChI is InChI=1S/C21H31N3O/c1-5-6-7-10-13-23-18-12-9-8-11-17(18)22-20(23)16-14-19(25)24(15-16)21(2,3)4/h8-9,11-12,16H,5-7,10,13-15H2,1-4H3. The number of carbonyl (C=O) groups excluding carboxylic acids is 1. The minimum absolute atomic E-state index is 0.121. The second-order valence-corrected chi connectivity index (χ2v) is 8.25. The number of fused-ring (bicyclic) bond motifs is 1. The van der Waals surface area contributed by atoms with Gasteiger partial charge in [0.2, 0.25) is 5.91 Å². The summed E-state index contributed by atoms with van der Waals surface area (Å²) in [6, 6.07) is 8.36. The van der Waals surface area contributed by atoms with Gasteiger partial charge in [-0.3, -0.25) is 4.79 Å². The number of nitrogens with zero attached hydrogens (tertiary/aromatic N) is 3. The quantitative estimate of drug-likeness (QED) is 0.712. The molecule has 2 aromatic rings. The number of hydrogen-bond donors (Lipinski definition) is 0. The van der Waals surface area contributed by atoms with Crippen LogP contribution in [0.4, 0.5) is 0 Å². The van der Waals surface area contributed by atoms with Gasteiger partial charge in [-0.2, -0.15) is 0 Å². The van der Waals surface area contributed by atoms with Gasteiger partial charge in [0.25, 0.3) is 0 Å². The zero-order valence-electron chi connectivity index (χ0n) is 16.1.